The third kappa shape index (κ3) is 2.24. The van der Waals surface area contributed by atoms with E-state index in [0.717, 1.165) is 24.3 Å². The zero-order valence-corrected chi connectivity index (χ0v) is 13.1. The average Bonchev–Trinajstić information content (AvgIpc) is 3.26. The fourth-order valence-corrected chi connectivity index (χ4v) is 4.34. The molecule has 2 aliphatic heterocycles. The quantitative estimate of drug-likeness (QED) is 0.641. The number of thiophene rings is 1. The van der Waals surface area contributed by atoms with E-state index < -0.39 is 4.92 Å². The molecule has 0 aliphatic carbocycles. The SMILES string of the molecule is O=C1[C@@H]2CCCN2[C@@H](c2cccs2)N1c1ccc([N+](=O)[O-])cc1. The average molecular weight is 329 g/mol. The standard InChI is InChI=1S/C16H15N3O3S/c20-16-13-3-1-9-17(13)15(14-4-2-10-23-14)18(16)11-5-7-12(8-6-11)19(21)22/h2,4-8,10,13,15H,1,3,9H2/t13-,15+/m0/s1. The van der Waals surface area contributed by atoms with E-state index in [-0.39, 0.29) is 23.8 Å². The van der Waals surface area contributed by atoms with Crippen LogP contribution in [0.4, 0.5) is 11.4 Å². The molecule has 2 saturated heterocycles. The number of carbonyl (C=O) groups is 1. The maximum absolute atomic E-state index is 12.9. The molecule has 0 radical (unpaired) electrons. The fraction of sp³-hybridized carbons (Fsp3) is 0.312. The third-order valence-corrected chi connectivity index (χ3v) is 5.42. The van der Waals surface area contributed by atoms with Gasteiger partial charge in [0.25, 0.3) is 5.69 Å². The second-order valence-electron chi connectivity index (χ2n) is 5.77. The van der Waals surface area contributed by atoms with Crippen molar-refractivity contribution in [3.63, 3.8) is 0 Å². The van der Waals surface area contributed by atoms with Crippen molar-refractivity contribution in [1.82, 2.24) is 4.90 Å². The molecule has 2 atom stereocenters. The van der Waals surface area contributed by atoms with E-state index >= 15 is 0 Å². The Kier molecular flexibility index (Phi) is 3.39. The largest absolute Gasteiger partial charge is 0.290 e. The van der Waals surface area contributed by atoms with E-state index in [0.29, 0.717) is 5.69 Å². The van der Waals surface area contributed by atoms with Crippen LogP contribution in [0.15, 0.2) is 41.8 Å². The lowest BCUT2D eigenvalue weighted by molar-refractivity contribution is -0.384. The van der Waals surface area contributed by atoms with Gasteiger partial charge in [0.05, 0.1) is 11.0 Å². The van der Waals surface area contributed by atoms with Gasteiger partial charge in [-0.25, -0.2) is 0 Å². The van der Waals surface area contributed by atoms with Crippen LogP contribution in [0.25, 0.3) is 0 Å². The summed E-state index contributed by atoms with van der Waals surface area (Å²) < 4.78 is 0. The zero-order chi connectivity index (χ0) is 16.0. The predicted molar refractivity (Wildman–Crippen MR) is 87.4 cm³/mol. The Hall–Kier alpha value is -2.25. The first-order valence-electron chi connectivity index (χ1n) is 7.53. The number of nitrogens with zero attached hydrogens (tertiary/aromatic N) is 3. The van der Waals surface area contributed by atoms with Crippen molar-refractivity contribution in [3.8, 4) is 0 Å². The number of carbonyl (C=O) groups excluding carboxylic acids is 1. The Balaban J connectivity index is 1.75. The molecule has 0 spiro atoms. The minimum atomic E-state index is -0.426. The van der Waals surface area contributed by atoms with E-state index in [1.807, 2.05) is 17.5 Å². The zero-order valence-electron chi connectivity index (χ0n) is 12.3. The molecular formula is C16H15N3O3S. The molecule has 1 aromatic carbocycles. The van der Waals surface area contributed by atoms with Crippen LogP contribution in [0.3, 0.4) is 0 Å². The van der Waals surface area contributed by atoms with Gasteiger partial charge in [-0.3, -0.25) is 24.7 Å². The molecule has 7 heteroatoms. The molecule has 1 amide bonds. The van der Waals surface area contributed by atoms with Gasteiger partial charge in [0.1, 0.15) is 6.17 Å². The normalized spacial score (nSPS) is 24.2. The Bertz CT molecular complexity index is 744. The Morgan fingerprint density at radius 1 is 1.22 bits per heavy atom. The van der Waals surface area contributed by atoms with Crippen LogP contribution in [0.2, 0.25) is 0 Å². The van der Waals surface area contributed by atoms with Gasteiger partial charge in [0.2, 0.25) is 5.91 Å². The molecule has 6 nitrogen and oxygen atoms in total. The third-order valence-electron chi connectivity index (χ3n) is 4.51. The van der Waals surface area contributed by atoms with E-state index in [9.17, 15) is 14.9 Å². The summed E-state index contributed by atoms with van der Waals surface area (Å²) in [6, 6.07) is 10.2. The number of rotatable bonds is 3. The van der Waals surface area contributed by atoms with Gasteiger partial charge in [0, 0.05) is 29.2 Å². The minimum Gasteiger partial charge on any atom is -0.290 e. The lowest BCUT2D eigenvalue weighted by atomic mass is 10.2. The summed E-state index contributed by atoms with van der Waals surface area (Å²) in [6.45, 7) is 0.905. The molecule has 4 rings (SSSR count). The van der Waals surface area contributed by atoms with Crippen molar-refractivity contribution in [2.75, 3.05) is 11.4 Å². The van der Waals surface area contributed by atoms with E-state index in [1.54, 1.807) is 28.4 Å². The highest BCUT2D eigenvalue weighted by molar-refractivity contribution is 7.10. The predicted octanol–water partition coefficient (Wildman–Crippen LogP) is 3.17. The van der Waals surface area contributed by atoms with E-state index in [4.69, 9.17) is 0 Å². The van der Waals surface area contributed by atoms with E-state index in [2.05, 4.69) is 4.90 Å². The number of amides is 1. The molecule has 3 heterocycles. The molecule has 2 fully saturated rings. The van der Waals surface area contributed by atoms with Crippen LogP contribution in [0.5, 0.6) is 0 Å². The molecule has 0 saturated carbocycles. The van der Waals surface area contributed by atoms with Crippen LogP contribution < -0.4 is 4.90 Å². The van der Waals surface area contributed by atoms with Crippen LogP contribution in [0.1, 0.15) is 23.9 Å². The summed E-state index contributed by atoms with van der Waals surface area (Å²) in [5, 5.41) is 12.8. The fourth-order valence-electron chi connectivity index (χ4n) is 3.51. The molecule has 2 aromatic rings. The lowest BCUT2D eigenvalue weighted by Gasteiger charge is -2.28. The first-order chi connectivity index (χ1) is 11.2. The topological polar surface area (TPSA) is 66.7 Å². The number of hydrogen-bond donors (Lipinski definition) is 0. The van der Waals surface area contributed by atoms with Gasteiger partial charge in [-0.05, 0) is 36.4 Å². The summed E-state index contributed by atoms with van der Waals surface area (Å²) in [4.78, 5) is 28.4. The summed E-state index contributed by atoms with van der Waals surface area (Å²) in [7, 11) is 0. The van der Waals surface area contributed by atoms with Crippen molar-refractivity contribution in [3.05, 3.63) is 56.8 Å². The van der Waals surface area contributed by atoms with Crippen LogP contribution in [-0.2, 0) is 4.79 Å². The monoisotopic (exact) mass is 329 g/mol. The first kappa shape index (κ1) is 14.3. The van der Waals surface area contributed by atoms with Crippen molar-refractivity contribution < 1.29 is 9.72 Å². The first-order valence-corrected chi connectivity index (χ1v) is 8.41. The number of benzene rings is 1. The van der Waals surface area contributed by atoms with Crippen molar-refractivity contribution in [1.29, 1.82) is 0 Å². The summed E-state index contributed by atoms with van der Waals surface area (Å²) in [6.07, 6.45) is 1.81. The van der Waals surface area contributed by atoms with Crippen molar-refractivity contribution in [2.24, 2.45) is 0 Å². The molecule has 0 unspecified atom stereocenters. The van der Waals surface area contributed by atoms with Crippen LogP contribution in [-0.4, -0.2) is 28.3 Å². The maximum atomic E-state index is 12.9. The maximum Gasteiger partial charge on any atom is 0.269 e. The molecule has 23 heavy (non-hydrogen) atoms. The number of non-ortho nitro benzene ring substituents is 1. The van der Waals surface area contributed by atoms with Gasteiger partial charge < -0.3 is 0 Å². The Labute approximate surface area is 137 Å². The molecule has 1 aromatic heterocycles. The van der Waals surface area contributed by atoms with Crippen molar-refractivity contribution in [2.45, 2.75) is 25.0 Å². The highest BCUT2D eigenvalue weighted by Gasteiger charge is 2.49. The van der Waals surface area contributed by atoms with Crippen molar-refractivity contribution >= 4 is 28.6 Å². The molecule has 0 N–H and O–H groups in total. The van der Waals surface area contributed by atoms with Gasteiger partial charge in [-0.2, -0.15) is 0 Å². The lowest BCUT2D eigenvalue weighted by Crippen LogP contribution is -2.31. The highest BCUT2D eigenvalue weighted by atomic mass is 32.1. The highest BCUT2D eigenvalue weighted by Crippen LogP contribution is 2.43. The van der Waals surface area contributed by atoms with Gasteiger partial charge in [0.15, 0.2) is 0 Å². The minimum absolute atomic E-state index is 0.0357. The number of fused-ring (bicyclic) bond motifs is 1. The molecule has 0 bridgehead atoms. The molecule has 2 aliphatic rings. The number of hydrogen-bond acceptors (Lipinski definition) is 5. The van der Waals surface area contributed by atoms with E-state index in [1.165, 1.54) is 12.1 Å². The number of nitro groups is 1. The van der Waals surface area contributed by atoms with Gasteiger partial charge >= 0.3 is 0 Å². The number of nitro benzene ring substituents is 1. The number of anilines is 1. The van der Waals surface area contributed by atoms with Gasteiger partial charge in [-0.15, -0.1) is 11.3 Å². The second-order valence-corrected chi connectivity index (χ2v) is 6.75. The summed E-state index contributed by atoms with van der Waals surface area (Å²) in [5.41, 5.74) is 0.752. The molecular weight excluding hydrogens is 314 g/mol. The van der Waals surface area contributed by atoms with Crippen LogP contribution in [0, 0.1) is 10.1 Å². The summed E-state index contributed by atoms with van der Waals surface area (Å²) >= 11 is 1.63. The summed E-state index contributed by atoms with van der Waals surface area (Å²) in [5.74, 6) is 0.0924. The smallest absolute Gasteiger partial charge is 0.269 e. The second kappa shape index (κ2) is 5.43. The van der Waals surface area contributed by atoms with Gasteiger partial charge in [-0.1, -0.05) is 6.07 Å². The van der Waals surface area contributed by atoms with Crippen LogP contribution >= 0.6 is 11.3 Å². The Morgan fingerprint density at radius 3 is 2.65 bits per heavy atom. The molecule has 118 valence electrons. The Morgan fingerprint density at radius 2 is 2.00 bits per heavy atom.